The molecule has 0 aliphatic heterocycles. The summed E-state index contributed by atoms with van der Waals surface area (Å²) in [5.74, 6) is 0.228. The molecule has 9 heteroatoms. The molecule has 0 bridgehead atoms. The number of carbonyl (C=O) groups excluding carboxylic acids is 1. The fourth-order valence-electron chi connectivity index (χ4n) is 2.30. The highest BCUT2D eigenvalue weighted by Crippen LogP contribution is 2.20. The molecule has 1 atom stereocenters. The van der Waals surface area contributed by atoms with E-state index in [0.717, 1.165) is 0 Å². The molecule has 0 saturated carbocycles. The Morgan fingerprint density at radius 2 is 1.85 bits per heavy atom. The molecule has 27 heavy (non-hydrogen) atoms. The number of hydrogen-bond donors (Lipinski definition) is 2. The second-order valence-electron chi connectivity index (χ2n) is 5.72. The van der Waals surface area contributed by atoms with Gasteiger partial charge >= 0.3 is 0 Å². The van der Waals surface area contributed by atoms with Gasteiger partial charge in [0.15, 0.2) is 0 Å². The van der Waals surface area contributed by atoms with Crippen molar-refractivity contribution in [2.75, 3.05) is 12.0 Å². The fraction of sp³-hybridized carbons (Fsp3) is 0.278. The van der Waals surface area contributed by atoms with Crippen LogP contribution in [0.5, 0.6) is 0 Å². The van der Waals surface area contributed by atoms with Crippen molar-refractivity contribution in [2.45, 2.75) is 23.9 Å². The summed E-state index contributed by atoms with van der Waals surface area (Å²) in [6.07, 6.45) is 2.27. The van der Waals surface area contributed by atoms with Crippen LogP contribution in [0.15, 0.2) is 53.4 Å². The smallest absolute Gasteiger partial charge is 0.241 e. The summed E-state index contributed by atoms with van der Waals surface area (Å²) in [4.78, 5) is 12.7. The number of rotatable bonds is 9. The summed E-state index contributed by atoms with van der Waals surface area (Å²) in [5.41, 5.74) is 0.698. The molecule has 0 radical (unpaired) electrons. The molecule has 0 aromatic heterocycles. The van der Waals surface area contributed by atoms with Gasteiger partial charge < -0.3 is 5.32 Å². The monoisotopic (exact) mass is 446 g/mol. The van der Waals surface area contributed by atoms with Crippen LogP contribution < -0.4 is 10.0 Å². The Kier molecular flexibility index (Phi) is 8.44. The van der Waals surface area contributed by atoms with E-state index in [1.165, 1.54) is 23.9 Å². The molecule has 2 N–H and O–H groups in total. The zero-order valence-corrected chi connectivity index (χ0v) is 17.8. The fourth-order valence-corrected chi connectivity index (χ4v) is 4.50. The Balaban J connectivity index is 2.09. The highest BCUT2D eigenvalue weighted by Gasteiger charge is 2.25. The zero-order valence-electron chi connectivity index (χ0n) is 14.6. The van der Waals surface area contributed by atoms with Crippen LogP contribution in [-0.4, -0.2) is 32.4 Å². The van der Waals surface area contributed by atoms with Crippen LogP contribution in [0, 0.1) is 0 Å². The minimum atomic E-state index is -3.80. The summed E-state index contributed by atoms with van der Waals surface area (Å²) < 4.78 is 27.6. The number of sulfonamides is 1. The Morgan fingerprint density at radius 1 is 1.15 bits per heavy atom. The minimum absolute atomic E-state index is 0.118. The second kappa shape index (κ2) is 10.3. The molecule has 2 aromatic rings. The molecule has 0 aliphatic carbocycles. The quantitative estimate of drug-likeness (QED) is 0.615. The zero-order chi connectivity index (χ0) is 19.9. The maximum atomic E-state index is 12.6. The maximum absolute atomic E-state index is 12.6. The number of hydrogen-bond acceptors (Lipinski definition) is 4. The van der Waals surface area contributed by atoms with Gasteiger partial charge in [0.05, 0.1) is 4.90 Å². The van der Waals surface area contributed by atoms with Crippen molar-refractivity contribution in [1.29, 1.82) is 0 Å². The van der Waals surface area contributed by atoms with Gasteiger partial charge in [-0.25, -0.2) is 8.42 Å². The molecular weight excluding hydrogens is 427 g/mol. The van der Waals surface area contributed by atoms with Crippen molar-refractivity contribution in [3.8, 4) is 0 Å². The van der Waals surface area contributed by atoms with Gasteiger partial charge in [-0.2, -0.15) is 16.5 Å². The minimum Gasteiger partial charge on any atom is -0.351 e. The summed E-state index contributed by atoms with van der Waals surface area (Å²) in [6, 6.07) is 12.1. The Hall–Kier alpha value is -1.25. The number of benzene rings is 2. The van der Waals surface area contributed by atoms with E-state index in [1.807, 2.05) is 6.26 Å². The highest BCUT2D eigenvalue weighted by atomic mass is 35.5. The Bertz CT molecular complexity index is 877. The summed E-state index contributed by atoms with van der Waals surface area (Å²) >= 11 is 13.5. The topological polar surface area (TPSA) is 75.3 Å². The van der Waals surface area contributed by atoms with E-state index in [4.69, 9.17) is 23.2 Å². The molecule has 2 rings (SSSR count). The lowest BCUT2D eigenvalue weighted by molar-refractivity contribution is -0.122. The van der Waals surface area contributed by atoms with Crippen molar-refractivity contribution >= 4 is 50.9 Å². The Labute approximate surface area is 173 Å². The third-order valence-corrected chi connectivity index (χ3v) is 6.46. The lowest BCUT2D eigenvalue weighted by atomic mass is 10.2. The van der Waals surface area contributed by atoms with Crippen LogP contribution in [-0.2, 0) is 21.4 Å². The summed E-state index contributed by atoms with van der Waals surface area (Å²) in [7, 11) is -3.80. The van der Waals surface area contributed by atoms with Crippen LogP contribution >= 0.6 is 35.0 Å². The number of carbonyl (C=O) groups is 1. The van der Waals surface area contributed by atoms with E-state index in [9.17, 15) is 13.2 Å². The molecular formula is C18H20Cl2N2O3S2. The second-order valence-corrected chi connectivity index (χ2v) is 9.27. The van der Waals surface area contributed by atoms with E-state index in [1.54, 1.807) is 36.4 Å². The first-order valence-corrected chi connectivity index (χ1v) is 11.7. The first-order chi connectivity index (χ1) is 12.8. The summed E-state index contributed by atoms with van der Waals surface area (Å²) in [6.45, 7) is 0.178. The van der Waals surface area contributed by atoms with Gasteiger partial charge in [0, 0.05) is 16.6 Å². The van der Waals surface area contributed by atoms with Gasteiger partial charge in [0.25, 0.3) is 0 Å². The van der Waals surface area contributed by atoms with E-state index >= 15 is 0 Å². The number of nitrogens with one attached hydrogen (secondary N) is 2. The third kappa shape index (κ3) is 6.69. The molecule has 0 aliphatic rings. The van der Waals surface area contributed by atoms with Gasteiger partial charge in [-0.1, -0.05) is 47.5 Å². The predicted molar refractivity (Wildman–Crippen MR) is 112 cm³/mol. The van der Waals surface area contributed by atoms with Gasteiger partial charge in [0.2, 0.25) is 15.9 Å². The van der Waals surface area contributed by atoms with Gasteiger partial charge in [-0.05, 0) is 48.3 Å². The van der Waals surface area contributed by atoms with Gasteiger partial charge in [0.1, 0.15) is 6.04 Å². The van der Waals surface area contributed by atoms with Crippen molar-refractivity contribution in [3.63, 3.8) is 0 Å². The third-order valence-electron chi connectivity index (χ3n) is 3.75. The largest absolute Gasteiger partial charge is 0.351 e. The molecule has 0 spiro atoms. The van der Waals surface area contributed by atoms with E-state index in [-0.39, 0.29) is 11.4 Å². The predicted octanol–water partition coefficient (Wildman–Crippen LogP) is 3.71. The SMILES string of the molecule is CSCCC(NS(=O)(=O)c1ccccc1)C(=O)NCc1ccc(Cl)cc1Cl. The average Bonchev–Trinajstić information content (AvgIpc) is 2.65. The van der Waals surface area contributed by atoms with Crippen LogP contribution in [0.2, 0.25) is 10.0 Å². The lowest BCUT2D eigenvalue weighted by Gasteiger charge is -2.18. The lowest BCUT2D eigenvalue weighted by Crippen LogP contribution is -2.46. The maximum Gasteiger partial charge on any atom is 0.241 e. The first kappa shape index (κ1) is 22.0. The van der Waals surface area contributed by atoms with Gasteiger partial charge in [-0.3, -0.25) is 4.79 Å². The summed E-state index contributed by atoms with van der Waals surface area (Å²) in [5, 5.41) is 3.68. The average molecular weight is 447 g/mol. The van der Waals surface area contributed by atoms with Crippen LogP contribution in [0.1, 0.15) is 12.0 Å². The molecule has 2 aromatic carbocycles. The van der Waals surface area contributed by atoms with Crippen molar-refractivity contribution in [1.82, 2.24) is 10.0 Å². The van der Waals surface area contributed by atoms with E-state index in [0.29, 0.717) is 27.8 Å². The molecule has 0 fully saturated rings. The first-order valence-electron chi connectivity index (χ1n) is 8.11. The molecule has 146 valence electrons. The van der Waals surface area contributed by atoms with Crippen LogP contribution in [0.3, 0.4) is 0 Å². The normalized spacial score (nSPS) is 12.6. The molecule has 0 saturated heterocycles. The van der Waals surface area contributed by atoms with E-state index in [2.05, 4.69) is 10.0 Å². The molecule has 1 amide bonds. The number of halogens is 2. The van der Waals surface area contributed by atoms with Crippen molar-refractivity contribution in [2.24, 2.45) is 0 Å². The molecule has 1 unspecified atom stereocenters. The Morgan fingerprint density at radius 3 is 2.48 bits per heavy atom. The molecule has 0 heterocycles. The van der Waals surface area contributed by atoms with Crippen LogP contribution in [0.25, 0.3) is 0 Å². The van der Waals surface area contributed by atoms with Gasteiger partial charge in [-0.15, -0.1) is 0 Å². The molecule has 5 nitrogen and oxygen atoms in total. The van der Waals surface area contributed by atoms with Crippen LogP contribution in [0.4, 0.5) is 0 Å². The van der Waals surface area contributed by atoms with Crippen molar-refractivity contribution < 1.29 is 13.2 Å². The van der Waals surface area contributed by atoms with E-state index < -0.39 is 22.0 Å². The number of amides is 1. The number of thioether (sulfide) groups is 1. The standard InChI is InChI=1S/C18H20Cl2N2O3S2/c1-26-10-9-17(22-27(24,25)15-5-3-2-4-6-15)18(23)21-12-13-7-8-14(19)11-16(13)20/h2-8,11,17,22H,9-10,12H2,1H3,(H,21,23). The highest BCUT2D eigenvalue weighted by molar-refractivity contribution is 7.98. The van der Waals surface area contributed by atoms with Crippen molar-refractivity contribution in [3.05, 3.63) is 64.1 Å².